The molecule has 21 heavy (non-hydrogen) atoms. The second-order valence-corrected chi connectivity index (χ2v) is 9.76. The van der Waals surface area contributed by atoms with Crippen LogP contribution in [-0.2, 0) is 0 Å². The van der Waals surface area contributed by atoms with Crippen LogP contribution in [0.25, 0.3) is 0 Å². The zero-order valence-corrected chi connectivity index (χ0v) is 13.5. The summed E-state index contributed by atoms with van der Waals surface area (Å²) in [6.07, 6.45) is 17.0. The largest absolute Gasteiger partial charge is 0.0803 e. The second kappa shape index (κ2) is 3.36. The third-order valence-electron chi connectivity index (χ3n) is 9.38. The third kappa shape index (κ3) is 1.13. The molecule has 0 heterocycles. The lowest BCUT2D eigenvalue weighted by Crippen LogP contribution is -2.59. The van der Waals surface area contributed by atoms with Gasteiger partial charge in [0.1, 0.15) is 0 Å². The lowest BCUT2D eigenvalue weighted by molar-refractivity contribution is -0.166. The standard InChI is InChI=1S/C21H28/c1-12-3-5-14-13(9-12)4-6-18-15(14)7-8-20(2)10-16-17-11-21(18,20)19(16)17/h3,5,9,13-19H,4,6-8,10-11H2,1-2H3. The molecule has 0 aromatic carbocycles. The van der Waals surface area contributed by atoms with E-state index in [1.54, 1.807) is 25.7 Å². The van der Waals surface area contributed by atoms with Crippen molar-refractivity contribution in [1.82, 2.24) is 0 Å². The summed E-state index contributed by atoms with van der Waals surface area (Å²) in [6.45, 7) is 4.98. The average Bonchev–Trinajstić information content (AvgIpc) is 2.93. The van der Waals surface area contributed by atoms with E-state index in [2.05, 4.69) is 32.1 Å². The Balaban J connectivity index is 1.41. The van der Waals surface area contributed by atoms with Crippen molar-refractivity contribution in [2.45, 2.75) is 52.4 Å². The fraction of sp³-hybridized carbons (Fsp3) is 0.810. The van der Waals surface area contributed by atoms with Gasteiger partial charge < -0.3 is 0 Å². The number of hydrogen-bond acceptors (Lipinski definition) is 0. The Labute approximate surface area is 129 Å². The molecule has 1 spiro atoms. The smallest absolute Gasteiger partial charge is 0.0136 e. The van der Waals surface area contributed by atoms with E-state index in [4.69, 9.17) is 0 Å². The molecular weight excluding hydrogens is 252 g/mol. The molecule has 0 amide bonds. The molecule has 6 aliphatic rings. The van der Waals surface area contributed by atoms with Gasteiger partial charge in [0, 0.05) is 0 Å². The molecule has 0 aromatic heterocycles. The van der Waals surface area contributed by atoms with Crippen molar-refractivity contribution in [3.8, 4) is 0 Å². The normalized spacial score (nSPS) is 65.4. The van der Waals surface area contributed by atoms with Crippen molar-refractivity contribution in [2.24, 2.45) is 52.3 Å². The number of fused-ring (bicyclic) bond motifs is 4. The molecule has 5 saturated carbocycles. The average molecular weight is 280 g/mol. The highest BCUT2D eigenvalue weighted by Gasteiger charge is 2.84. The summed E-state index contributed by atoms with van der Waals surface area (Å²) in [5, 5.41) is 0. The summed E-state index contributed by atoms with van der Waals surface area (Å²) >= 11 is 0. The highest BCUT2D eigenvalue weighted by atomic mass is 14.9. The van der Waals surface area contributed by atoms with Crippen LogP contribution in [0.3, 0.4) is 0 Å². The van der Waals surface area contributed by atoms with Gasteiger partial charge in [-0.05, 0) is 97.7 Å². The van der Waals surface area contributed by atoms with Gasteiger partial charge in [-0.15, -0.1) is 0 Å². The van der Waals surface area contributed by atoms with Gasteiger partial charge in [-0.1, -0.05) is 30.7 Å². The van der Waals surface area contributed by atoms with Crippen molar-refractivity contribution < 1.29 is 0 Å². The highest BCUT2D eigenvalue weighted by molar-refractivity contribution is 5.34. The van der Waals surface area contributed by atoms with Gasteiger partial charge in [0.2, 0.25) is 0 Å². The molecule has 112 valence electrons. The maximum atomic E-state index is 2.69. The predicted molar refractivity (Wildman–Crippen MR) is 85.6 cm³/mol. The van der Waals surface area contributed by atoms with Gasteiger partial charge in [0.25, 0.3) is 0 Å². The molecule has 0 aromatic rings. The van der Waals surface area contributed by atoms with Crippen LogP contribution in [-0.4, -0.2) is 0 Å². The van der Waals surface area contributed by atoms with E-state index in [0.29, 0.717) is 0 Å². The molecule has 0 radical (unpaired) electrons. The van der Waals surface area contributed by atoms with E-state index in [0.717, 1.165) is 34.5 Å². The van der Waals surface area contributed by atoms with Gasteiger partial charge in [-0.3, -0.25) is 0 Å². The van der Waals surface area contributed by atoms with Crippen molar-refractivity contribution in [2.75, 3.05) is 0 Å². The molecule has 0 nitrogen and oxygen atoms in total. The Morgan fingerprint density at radius 2 is 1.90 bits per heavy atom. The van der Waals surface area contributed by atoms with Crippen molar-refractivity contribution in [3.05, 3.63) is 23.8 Å². The van der Waals surface area contributed by atoms with Gasteiger partial charge in [-0.2, -0.15) is 0 Å². The number of hydrogen-bond donors (Lipinski definition) is 0. The lowest BCUT2D eigenvalue weighted by Gasteiger charge is -2.66. The van der Waals surface area contributed by atoms with E-state index in [9.17, 15) is 0 Å². The summed E-state index contributed by atoms with van der Waals surface area (Å²) in [4.78, 5) is 0. The van der Waals surface area contributed by atoms with Crippen LogP contribution >= 0.6 is 0 Å². The van der Waals surface area contributed by atoms with E-state index < -0.39 is 0 Å². The summed E-state index contributed by atoms with van der Waals surface area (Å²) in [7, 11) is 0. The van der Waals surface area contributed by atoms with Crippen LogP contribution in [0.15, 0.2) is 23.8 Å². The Hall–Kier alpha value is -0.520. The Morgan fingerprint density at radius 1 is 1.05 bits per heavy atom. The molecule has 0 heteroatoms. The van der Waals surface area contributed by atoms with Crippen molar-refractivity contribution >= 4 is 0 Å². The molecular formula is C21H28. The first-order valence-corrected chi connectivity index (χ1v) is 9.51. The van der Waals surface area contributed by atoms with E-state index in [1.807, 2.05) is 0 Å². The molecule has 0 saturated heterocycles. The Kier molecular flexibility index (Phi) is 1.92. The maximum absolute atomic E-state index is 2.69. The SMILES string of the molecule is CC1=CC2CCC3C(CCC4(C)CC5C6CC34C56)C2C=C1. The highest BCUT2D eigenvalue weighted by Crippen LogP contribution is 2.90. The molecule has 9 atom stereocenters. The fourth-order valence-corrected chi connectivity index (χ4v) is 8.69. The first-order valence-electron chi connectivity index (χ1n) is 9.51. The summed E-state index contributed by atoms with van der Waals surface area (Å²) in [5.74, 6) is 7.44. The quantitative estimate of drug-likeness (QED) is 0.571. The maximum Gasteiger partial charge on any atom is -0.0136 e. The monoisotopic (exact) mass is 280 g/mol. The van der Waals surface area contributed by atoms with Crippen molar-refractivity contribution in [1.29, 1.82) is 0 Å². The molecule has 6 aliphatic carbocycles. The summed E-state index contributed by atoms with van der Waals surface area (Å²) in [6, 6.07) is 0. The van der Waals surface area contributed by atoms with Gasteiger partial charge >= 0.3 is 0 Å². The van der Waals surface area contributed by atoms with Crippen LogP contribution in [0.4, 0.5) is 0 Å². The van der Waals surface area contributed by atoms with Crippen LogP contribution in [0.2, 0.25) is 0 Å². The lowest BCUT2D eigenvalue weighted by atomic mass is 9.39. The van der Waals surface area contributed by atoms with Gasteiger partial charge in [-0.25, -0.2) is 0 Å². The Morgan fingerprint density at radius 3 is 2.76 bits per heavy atom. The fourth-order valence-electron chi connectivity index (χ4n) is 8.69. The topological polar surface area (TPSA) is 0 Å². The number of allylic oxidation sites excluding steroid dienone is 4. The van der Waals surface area contributed by atoms with Gasteiger partial charge in [0.15, 0.2) is 0 Å². The van der Waals surface area contributed by atoms with E-state index >= 15 is 0 Å². The van der Waals surface area contributed by atoms with Crippen LogP contribution in [0.1, 0.15) is 52.4 Å². The molecule has 5 fully saturated rings. The first kappa shape index (κ1) is 12.0. The molecule has 6 rings (SSSR count). The first-order chi connectivity index (χ1) is 10.1. The van der Waals surface area contributed by atoms with Crippen molar-refractivity contribution in [3.63, 3.8) is 0 Å². The van der Waals surface area contributed by atoms with Crippen LogP contribution < -0.4 is 0 Å². The molecule has 0 aliphatic heterocycles. The molecule has 0 N–H and O–H groups in total. The minimum absolute atomic E-state index is 0.745. The second-order valence-electron chi connectivity index (χ2n) is 9.76. The summed E-state index contributed by atoms with van der Waals surface area (Å²) < 4.78 is 0. The molecule has 9 unspecified atom stereocenters. The third-order valence-corrected chi connectivity index (χ3v) is 9.38. The zero-order chi connectivity index (χ0) is 14.0. The number of rotatable bonds is 0. The van der Waals surface area contributed by atoms with Gasteiger partial charge in [0.05, 0.1) is 0 Å². The van der Waals surface area contributed by atoms with Crippen LogP contribution in [0.5, 0.6) is 0 Å². The summed E-state index contributed by atoms with van der Waals surface area (Å²) in [5.41, 5.74) is 3.08. The molecule has 0 bridgehead atoms. The van der Waals surface area contributed by atoms with E-state index in [1.165, 1.54) is 36.2 Å². The Bertz CT molecular complexity index is 583. The minimum atomic E-state index is 0.745. The zero-order valence-electron chi connectivity index (χ0n) is 13.5. The minimum Gasteiger partial charge on any atom is -0.0803 e. The van der Waals surface area contributed by atoms with Crippen LogP contribution in [0, 0.1) is 52.3 Å². The predicted octanol–water partition coefficient (Wildman–Crippen LogP) is 5.22. The van der Waals surface area contributed by atoms with E-state index in [-0.39, 0.29) is 0 Å².